The van der Waals surface area contributed by atoms with E-state index in [4.69, 9.17) is 5.26 Å². The van der Waals surface area contributed by atoms with Crippen LogP contribution >= 0.6 is 31.9 Å². The fourth-order valence-electron chi connectivity index (χ4n) is 1.71. The van der Waals surface area contributed by atoms with Crippen LogP contribution in [0.5, 0.6) is 0 Å². The number of amides is 1. The summed E-state index contributed by atoms with van der Waals surface area (Å²) in [5.74, 6) is 0.0869. The minimum atomic E-state index is 0.0869. The van der Waals surface area contributed by atoms with Crippen molar-refractivity contribution in [2.24, 2.45) is 0 Å². The summed E-state index contributed by atoms with van der Waals surface area (Å²) in [7, 11) is 0. The number of alkyl halides is 1. The van der Waals surface area contributed by atoms with Crippen LogP contribution in [0.25, 0.3) is 0 Å². The Morgan fingerprint density at radius 1 is 1.44 bits per heavy atom. The van der Waals surface area contributed by atoms with Gasteiger partial charge in [0.25, 0.3) is 0 Å². The van der Waals surface area contributed by atoms with Crippen LogP contribution < -0.4 is 4.90 Å². The van der Waals surface area contributed by atoms with Gasteiger partial charge in [-0.1, -0.05) is 31.9 Å². The largest absolute Gasteiger partial charge is 0.311 e. The summed E-state index contributed by atoms with van der Waals surface area (Å²) in [4.78, 5) is 13.6. The molecule has 0 bridgehead atoms. The third kappa shape index (κ3) is 2.28. The Kier molecular flexibility index (Phi) is 3.31. The lowest BCUT2D eigenvalue weighted by atomic mass is 10.2. The van der Waals surface area contributed by atoms with E-state index in [1.807, 2.05) is 6.07 Å². The average molecular weight is 344 g/mol. The van der Waals surface area contributed by atoms with E-state index in [0.29, 0.717) is 18.5 Å². The fourth-order valence-corrected chi connectivity index (χ4v) is 2.76. The molecule has 1 unspecified atom stereocenters. The second kappa shape index (κ2) is 4.56. The van der Waals surface area contributed by atoms with Crippen molar-refractivity contribution in [2.45, 2.75) is 11.2 Å². The smallest absolute Gasteiger partial charge is 0.228 e. The predicted octanol–water partition coefficient (Wildman–Crippen LogP) is 2.82. The van der Waals surface area contributed by atoms with Gasteiger partial charge in [0, 0.05) is 28.0 Å². The zero-order chi connectivity index (χ0) is 11.7. The molecule has 0 aliphatic carbocycles. The Morgan fingerprint density at radius 2 is 2.19 bits per heavy atom. The van der Waals surface area contributed by atoms with Crippen LogP contribution in [-0.2, 0) is 4.79 Å². The van der Waals surface area contributed by atoms with Crippen molar-refractivity contribution in [3.05, 3.63) is 28.2 Å². The van der Waals surface area contributed by atoms with E-state index in [0.717, 1.165) is 10.2 Å². The molecule has 1 atom stereocenters. The number of anilines is 1. The molecule has 1 fully saturated rings. The molecule has 3 nitrogen and oxygen atoms in total. The number of carbonyl (C=O) groups is 1. The maximum atomic E-state index is 11.7. The number of hydrogen-bond acceptors (Lipinski definition) is 2. The molecule has 1 amide bonds. The topological polar surface area (TPSA) is 44.1 Å². The van der Waals surface area contributed by atoms with E-state index >= 15 is 0 Å². The Balaban J connectivity index is 2.37. The van der Waals surface area contributed by atoms with E-state index in [1.54, 1.807) is 17.0 Å². The number of benzene rings is 1. The lowest BCUT2D eigenvalue weighted by Crippen LogP contribution is -2.24. The van der Waals surface area contributed by atoms with Crippen LogP contribution in [0, 0.1) is 11.3 Å². The van der Waals surface area contributed by atoms with Gasteiger partial charge in [0.2, 0.25) is 5.91 Å². The molecule has 1 aliphatic rings. The molecule has 0 radical (unpaired) electrons. The van der Waals surface area contributed by atoms with Crippen molar-refractivity contribution in [1.29, 1.82) is 5.26 Å². The number of hydrogen-bond donors (Lipinski definition) is 0. The summed E-state index contributed by atoms with van der Waals surface area (Å²) in [5, 5.41) is 8.86. The molecular formula is C11H8Br2N2O. The first kappa shape index (κ1) is 11.6. The maximum absolute atomic E-state index is 11.7. The van der Waals surface area contributed by atoms with Crippen molar-refractivity contribution < 1.29 is 4.79 Å². The lowest BCUT2D eigenvalue weighted by molar-refractivity contribution is -0.117. The predicted molar refractivity (Wildman–Crippen MR) is 68.5 cm³/mol. The highest BCUT2D eigenvalue weighted by Gasteiger charge is 2.29. The summed E-state index contributed by atoms with van der Waals surface area (Å²) in [6.07, 6.45) is 0.508. The quantitative estimate of drug-likeness (QED) is 0.736. The molecule has 1 aromatic carbocycles. The molecule has 82 valence electrons. The van der Waals surface area contributed by atoms with E-state index in [-0.39, 0.29) is 10.7 Å². The van der Waals surface area contributed by atoms with Gasteiger partial charge in [0.15, 0.2) is 0 Å². The number of nitrogens with zero attached hydrogens (tertiary/aromatic N) is 2. The van der Waals surface area contributed by atoms with E-state index in [9.17, 15) is 4.79 Å². The number of halogens is 2. The molecule has 0 aromatic heterocycles. The van der Waals surface area contributed by atoms with Crippen molar-refractivity contribution in [3.63, 3.8) is 0 Å². The second-order valence-corrected chi connectivity index (χ2v) is 5.83. The molecule has 1 aliphatic heterocycles. The Morgan fingerprint density at radius 3 is 2.75 bits per heavy atom. The summed E-state index contributed by atoms with van der Waals surface area (Å²) in [6.45, 7) is 0.653. The number of rotatable bonds is 1. The van der Waals surface area contributed by atoms with Gasteiger partial charge in [-0.2, -0.15) is 5.26 Å². The second-order valence-electron chi connectivity index (χ2n) is 3.62. The van der Waals surface area contributed by atoms with Gasteiger partial charge >= 0.3 is 0 Å². The highest BCUT2D eigenvalue weighted by atomic mass is 79.9. The lowest BCUT2D eigenvalue weighted by Gasteiger charge is -2.16. The maximum Gasteiger partial charge on any atom is 0.228 e. The molecule has 1 aromatic rings. The van der Waals surface area contributed by atoms with E-state index < -0.39 is 0 Å². The first-order chi connectivity index (χ1) is 7.60. The Labute approximate surface area is 110 Å². The first-order valence-corrected chi connectivity index (χ1v) is 6.46. The Hall–Kier alpha value is -0.860. The van der Waals surface area contributed by atoms with E-state index in [2.05, 4.69) is 37.9 Å². The molecule has 0 saturated carbocycles. The van der Waals surface area contributed by atoms with Crippen LogP contribution in [-0.4, -0.2) is 17.3 Å². The monoisotopic (exact) mass is 342 g/mol. The van der Waals surface area contributed by atoms with Crippen molar-refractivity contribution in [3.8, 4) is 6.07 Å². The molecule has 2 rings (SSSR count). The molecule has 5 heteroatoms. The van der Waals surface area contributed by atoms with Crippen LogP contribution in [0.2, 0.25) is 0 Å². The van der Waals surface area contributed by atoms with E-state index in [1.165, 1.54) is 0 Å². The molecule has 1 heterocycles. The normalized spacial score (nSPS) is 19.9. The SMILES string of the molecule is N#Cc1cc(Br)cc(N2CC(Br)CC2=O)c1. The minimum Gasteiger partial charge on any atom is -0.311 e. The van der Waals surface area contributed by atoms with Crippen LogP contribution in [0.1, 0.15) is 12.0 Å². The zero-order valence-corrected chi connectivity index (χ0v) is 11.5. The number of carbonyl (C=O) groups excluding carboxylic acids is 1. The van der Waals surface area contributed by atoms with Crippen LogP contribution in [0.4, 0.5) is 5.69 Å². The van der Waals surface area contributed by atoms with Gasteiger partial charge < -0.3 is 4.90 Å². The van der Waals surface area contributed by atoms with Gasteiger partial charge in [0.1, 0.15) is 0 Å². The highest BCUT2D eigenvalue weighted by Crippen LogP contribution is 2.28. The molecule has 1 saturated heterocycles. The first-order valence-electron chi connectivity index (χ1n) is 4.75. The van der Waals surface area contributed by atoms with Crippen molar-refractivity contribution in [1.82, 2.24) is 0 Å². The number of nitriles is 1. The third-order valence-corrected chi connectivity index (χ3v) is 3.47. The third-order valence-electron chi connectivity index (χ3n) is 2.40. The molecular weight excluding hydrogens is 336 g/mol. The summed E-state index contributed by atoms with van der Waals surface area (Å²) < 4.78 is 0.812. The van der Waals surface area contributed by atoms with Crippen molar-refractivity contribution in [2.75, 3.05) is 11.4 Å². The highest BCUT2D eigenvalue weighted by molar-refractivity contribution is 9.10. The van der Waals surface area contributed by atoms with Gasteiger partial charge in [-0.05, 0) is 18.2 Å². The van der Waals surface area contributed by atoms with Crippen LogP contribution in [0.3, 0.4) is 0 Å². The van der Waals surface area contributed by atoms with Gasteiger partial charge in [-0.25, -0.2) is 0 Å². The standard InChI is InChI=1S/C11H8Br2N2O/c12-8-1-7(5-14)2-10(3-8)15-6-9(13)4-11(15)16/h1-3,9H,4,6H2. The molecule has 0 spiro atoms. The summed E-state index contributed by atoms with van der Waals surface area (Å²) >= 11 is 6.77. The molecule has 0 N–H and O–H groups in total. The molecule has 16 heavy (non-hydrogen) atoms. The fraction of sp³-hybridized carbons (Fsp3) is 0.273. The van der Waals surface area contributed by atoms with Gasteiger partial charge in [0.05, 0.1) is 11.6 Å². The van der Waals surface area contributed by atoms with Crippen LogP contribution in [0.15, 0.2) is 22.7 Å². The van der Waals surface area contributed by atoms with Gasteiger partial charge in [-0.3, -0.25) is 4.79 Å². The van der Waals surface area contributed by atoms with Gasteiger partial charge in [-0.15, -0.1) is 0 Å². The zero-order valence-electron chi connectivity index (χ0n) is 8.28. The summed E-state index contributed by atoms with van der Waals surface area (Å²) in [5.41, 5.74) is 1.33. The minimum absolute atomic E-state index is 0.0869. The Bertz CT molecular complexity index is 481. The summed E-state index contributed by atoms with van der Waals surface area (Å²) in [6, 6.07) is 7.39. The average Bonchev–Trinajstić information content (AvgIpc) is 2.57. The van der Waals surface area contributed by atoms with Crippen molar-refractivity contribution >= 4 is 43.5 Å².